The first kappa shape index (κ1) is 24.0. The molecule has 0 unspecified atom stereocenters. The van der Waals surface area contributed by atoms with E-state index in [9.17, 15) is 14.9 Å². The number of aryl methyl sites for hydroxylation is 1. The molecule has 2 amide bonds. The molecule has 1 N–H and O–H groups in total. The number of carbonyl (C=O) groups is 2. The maximum atomic E-state index is 12.8. The Kier molecular flexibility index (Phi) is 7.33. The Balaban J connectivity index is 1.47. The van der Waals surface area contributed by atoms with Crippen LogP contribution in [0.2, 0.25) is 5.02 Å². The third-order valence-corrected chi connectivity index (χ3v) is 7.13. The van der Waals surface area contributed by atoms with E-state index in [1.165, 1.54) is 24.6 Å². The van der Waals surface area contributed by atoms with Gasteiger partial charge in [-0.2, -0.15) is 5.26 Å². The van der Waals surface area contributed by atoms with Crippen LogP contribution in [0.5, 0.6) is 0 Å². The van der Waals surface area contributed by atoms with Crippen LogP contribution in [0.3, 0.4) is 0 Å². The molecule has 0 atom stereocenters. The molecule has 34 heavy (non-hydrogen) atoms. The monoisotopic (exact) mass is 476 g/mol. The van der Waals surface area contributed by atoms with Crippen LogP contribution in [0, 0.1) is 31.1 Å². The fourth-order valence-electron chi connectivity index (χ4n) is 4.75. The van der Waals surface area contributed by atoms with Gasteiger partial charge in [0.25, 0.3) is 5.91 Å². The lowest BCUT2D eigenvalue weighted by Gasteiger charge is -2.30. The van der Waals surface area contributed by atoms with Crippen LogP contribution >= 0.6 is 11.6 Å². The molecule has 1 aliphatic heterocycles. The van der Waals surface area contributed by atoms with Gasteiger partial charge in [-0.25, -0.2) is 0 Å². The van der Waals surface area contributed by atoms with Crippen molar-refractivity contribution in [1.29, 1.82) is 5.26 Å². The molecule has 7 heteroatoms. The second-order valence-corrected chi connectivity index (χ2v) is 9.64. The Hall–Kier alpha value is -3.17. The highest BCUT2D eigenvalue weighted by Crippen LogP contribution is 2.31. The fraction of sp³-hybridized carbons (Fsp3) is 0.407. The van der Waals surface area contributed by atoms with Gasteiger partial charge in [-0.1, -0.05) is 36.1 Å². The molecule has 2 aromatic rings. The van der Waals surface area contributed by atoms with Gasteiger partial charge in [-0.05, 0) is 68.9 Å². The van der Waals surface area contributed by atoms with Gasteiger partial charge in [-0.3, -0.25) is 14.6 Å². The van der Waals surface area contributed by atoms with E-state index in [4.69, 9.17) is 11.6 Å². The lowest BCUT2D eigenvalue weighted by atomic mass is 9.96. The summed E-state index contributed by atoms with van der Waals surface area (Å²) >= 11 is 6.39. The first-order chi connectivity index (χ1) is 16.4. The number of nitriles is 1. The van der Waals surface area contributed by atoms with E-state index >= 15 is 0 Å². The molecule has 6 nitrogen and oxygen atoms in total. The van der Waals surface area contributed by atoms with Crippen LogP contribution in [0.4, 0.5) is 5.69 Å². The number of pyridine rings is 1. The number of hydrogen-bond acceptors (Lipinski definition) is 4. The van der Waals surface area contributed by atoms with Crippen molar-refractivity contribution < 1.29 is 9.59 Å². The van der Waals surface area contributed by atoms with E-state index in [2.05, 4.69) is 22.4 Å². The number of anilines is 1. The summed E-state index contributed by atoms with van der Waals surface area (Å²) in [5.74, 6) is 0.206. The van der Waals surface area contributed by atoms with Gasteiger partial charge in [0.1, 0.15) is 6.07 Å². The van der Waals surface area contributed by atoms with Crippen molar-refractivity contribution in [2.24, 2.45) is 5.92 Å². The zero-order valence-corrected chi connectivity index (χ0v) is 20.4. The van der Waals surface area contributed by atoms with Crippen molar-refractivity contribution in [1.82, 2.24) is 9.88 Å². The predicted octanol–water partition coefficient (Wildman–Crippen LogP) is 5.67. The van der Waals surface area contributed by atoms with Crippen LogP contribution in [-0.2, 0) is 4.79 Å². The minimum Gasteiger partial charge on any atom is -0.342 e. The number of rotatable bonds is 4. The fourth-order valence-corrected chi connectivity index (χ4v) is 4.98. The molecule has 1 aromatic heterocycles. The van der Waals surface area contributed by atoms with E-state index in [1.54, 1.807) is 19.1 Å². The lowest BCUT2D eigenvalue weighted by molar-refractivity contribution is -0.135. The van der Waals surface area contributed by atoms with E-state index in [0.29, 0.717) is 33.4 Å². The minimum atomic E-state index is -0.341. The molecule has 2 aliphatic rings. The number of benzene rings is 1. The zero-order chi connectivity index (χ0) is 24.2. The van der Waals surface area contributed by atoms with Crippen molar-refractivity contribution in [2.75, 3.05) is 18.4 Å². The van der Waals surface area contributed by atoms with Gasteiger partial charge >= 0.3 is 0 Å². The van der Waals surface area contributed by atoms with Gasteiger partial charge in [0, 0.05) is 35.9 Å². The van der Waals surface area contributed by atoms with E-state index in [-0.39, 0.29) is 11.8 Å². The highest BCUT2D eigenvalue weighted by molar-refractivity contribution is 6.31. The lowest BCUT2D eigenvalue weighted by Crippen LogP contribution is -2.39. The molecular weight excluding hydrogens is 448 g/mol. The van der Waals surface area contributed by atoms with Crippen molar-refractivity contribution >= 4 is 35.2 Å². The molecule has 0 bridgehead atoms. The Labute approximate surface area is 205 Å². The number of piperidine rings is 1. The first-order valence-corrected chi connectivity index (χ1v) is 12.2. The number of carbonyl (C=O) groups excluding carboxylic acids is 2. The van der Waals surface area contributed by atoms with Crippen LogP contribution in [-0.4, -0.2) is 34.8 Å². The van der Waals surface area contributed by atoms with Crippen LogP contribution in [0.1, 0.15) is 71.3 Å². The molecule has 4 rings (SSSR count). The molecule has 1 saturated heterocycles. The van der Waals surface area contributed by atoms with Gasteiger partial charge in [-0.15, -0.1) is 0 Å². The highest BCUT2D eigenvalue weighted by Gasteiger charge is 2.28. The SMILES string of the molecule is Cc1ncc(C(=O)Nc2cc(Cl)cc(C=C3CCN(C(=O)C4CCCC4)CC3)c2C)cc1C#N. The number of halogens is 1. The predicted molar refractivity (Wildman–Crippen MR) is 134 cm³/mol. The Morgan fingerprint density at radius 3 is 2.56 bits per heavy atom. The summed E-state index contributed by atoms with van der Waals surface area (Å²) < 4.78 is 0. The first-order valence-electron chi connectivity index (χ1n) is 11.8. The molecule has 2 fully saturated rings. The molecule has 2 heterocycles. The molecular formula is C27H29ClN4O2. The molecule has 1 aromatic carbocycles. The van der Waals surface area contributed by atoms with Crippen LogP contribution < -0.4 is 5.32 Å². The normalized spacial score (nSPS) is 16.3. The maximum Gasteiger partial charge on any atom is 0.257 e. The topological polar surface area (TPSA) is 86.1 Å². The quantitative estimate of drug-likeness (QED) is 0.615. The van der Waals surface area contributed by atoms with Crippen LogP contribution in [0.15, 0.2) is 30.0 Å². The van der Waals surface area contributed by atoms with E-state index < -0.39 is 0 Å². The number of nitrogens with one attached hydrogen (secondary N) is 1. The largest absolute Gasteiger partial charge is 0.342 e. The van der Waals surface area contributed by atoms with Gasteiger partial charge in [0.2, 0.25) is 5.91 Å². The summed E-state index contributed by atoms with van der Waals surface area (Å²) in [5, 5.41) is 12.7. The van der Waals surface area contributed by atoms with Crippen molar-refractivity contribution in [3.05, 3.63) is 62.9 Å². The average Bonchev–Trinajstić information content (AvgIpc) is 3.37. The Morgan fingerprint density at radius 2 is 1.88 bits per heavy atom. The summed E-state index contributed by atoms with van der Waals surface area (Å²) in [7, 11) is 0. The smallest absolute Gasteiger partial charge is 0.257 e. The van der Waals surface area contributed by atoms with Gasteiger partial charge in [0.05, 0.1) is 16.8 Å². The minimum absolute atomic E-state index is 0.222. The number of hydrogen-bond donors (Lipinski definition) is 1. The summed E-state index contributed by atoms with van der Waals surface area (Å²) in [6.07, 6.45) is 9.69. The van der Waals surface area contributed by atoms with Gasteiger partial charge < -0.3 is 10.2 Å². The Bertz CT molecular complexity index is 1180. The van der Waals surface area contributed by atoms with E-state index in [1.807, 2.05) is 17.9 Å². The van der Waals surface area contributed by atoms with Crippen molar-refractivity contribution in [2.45, 2.75) is 52.4 Å². The van der Waals surface area contributed by atoms with Crippen molar-refractivity contribution in [3.63, 3.8) is 0 Å². The molecule has 176 valence electrons. The second-order valence-electron chi connectivity index (χ2n) is 9.20. The molecule has 0 spiro atoms. The third kappa shape index (κ3) is 5.31. The standard InChI is InChI=1S/C27H29ClN4O2/c1-17-21(11-19-7-9-32(10-8-19)27(34)20-5-3-4-6-20)13-24(28)14-25(17)31-26(33)23-12-22(15-29)18(2)30-16-23/h11-14,16,20H,3-10H2,1-2H3,(H,31,33). The zero-order valence-electron chi connectivity index (χ0n) is 19.7. The number of likely N-dealkylation sites (tertiary alicyclic amines) is 1. The van der Waals surface area contributed by atoms with Crippen molar-refractivity contribution in [3.8, 4) is 6.07 Å². The van der Waals surface area contributed by atoms with Crippen LogP contribution in [0.25, 0.3) is 6.08 Å². The molecule has 1 saturated carbocycles. The third-order valence-electron chi connectivity index (χ3n) is 6.91. The maximum absolute atomic E-state index is 12.8. The summed E-state index contributed by atoms with van der Waals surface area (Å²) in [4.78, 5) is 31.7. The Morgan fingerprint density at radius 1 is 1.18 bits per heavy atom. The summed E-state index contributed by atoms with van der Waals surface area (Å²) in [5.41, 5.74) is 5.04. The van der Waals surface area contributed by atoms with Gasteiger partial charge in [0.15, 0.2) is 0 Å². The molecule has 0 radical (unpaired) electrons. The second kappa shape index (κ2) is 10.4. The number of amides is 2. The molecule has 1 aliphatic carbocycles. The summed E-state index contributed by atoms with van der Waals surface area (Å²) in [6, 6.07) is 7.23. The average molecular weight is 477 g/mol. The van der Waals surface area contributed by atoms with E-state index in [0.717, 1.165) is 49.9 Å². The highest BCUT2D eigenvalue weighted by atomic mass is 35.5. The summed E-state index contributed by atoms with van der Waals surface area (Å²) in [6.45, 7) is 5.19. The number of nitrogens with zero attached hydrogens (tertiary/aromatic N) is 3. The number of aromatic nitrogens is 1.